The molecule has 0 aliphatic heterocycles. The fourth-order valence-electron chi connectivity index (χ4n) is 1.21. The highest BCUT2D eigenvalue weighted by Gasteiger charge is 2.11. The molecule has 0 aromatic heterocycles. The predicted octanol–water partition coefficient (Wildman–Crippen LogP) is 3.51. The van der Waals surface area contributed by atoms with E-state index in [9.17, 15) is 9.18 Å². The van der Waals surface area contributed by atoms with E-state index in [0.29, 0.717) is 0 Å². The van der Waals surface area contributed by atoms with Gasteiger partial charge in [0.1, 0.15) is 0 Å². The van der Waals surface area contributed by atoms with Crippen molar-refractivity contribution in [1.82, 2.24) is 0 Å². The molecule has 0 heterocycles. The van der Waals surface area contributed by atoms with Gasteiger partial charge in [0.2, 0.25) is 5.83 Å². The molecule has 0 aliphatic rings. The standard InChI is InChI=1S/C14H15FO2/c1-3-17-14(16)13(15)11(2)9-10-12-7-5-4-6-8-12/h4-10H,3H2,1-2H3/b10-9+,13-11-. The zero-order chi connectivity index (χ0) is 12.7. The van der Waals surface area contributed by atoms with E-state index in [1.165, 1.54) is 6.92 Å². The largest absolute Gasteiger partial charge is 0.461 e. The molecule has 3 heteroatoms. The maximum Gasteiger partial charge on any atom is 0.367 e. The zero-order valence-corrected chi connectivity index (χ0v) is 9.94. The van der Waals surface area contributed by atoms with Gasteiger partial charge < -0.3 is 4.74 Å². The highest BCUT2D eigenvalue weighted by Crippen LogP contribution is 2.11. The molecule has 0 aliphatic carbocycles. The third kappa shape index (κ3) is 4.23. The first-order valence-corrected chi connectivity index (χ1v) is 5.41. The number of esters is 1. The van der Waals surface area contributed by atoms with E-state index < -0.39 is 11.8 Å². The van der Waals surface area contributed by atoms with Crippen molar-refractivity contribution in [3.63, 3.8) is 0 Å². The maximum atomic E-state index is 13.4. The number of rotatable bonds is 4. The third-order valence-electron chi connectivity index (χ3n) is 2.13. The van der Waals surface area contributed by atoms with E-state index in [4.69, 9.17) is 0 Å². The Hall–Kier alpha value is -1.90. The van der Waals surface area contributed by atoms with Gasteiger partial charge in [0.15, 0.2) is 0 Å². The minimum atomic E-state index is -0.914. The molecule has 2 nitrogen and oxygen atoms in total. The molecule has 1 rings (SSSR count). The van der Waals surface area contributed by atoms with Crippen molar-refractivity contribution in [1.29, 1.82) is 0 Å². The van der Waals surface area contributed by atoms with Crippen LogP contribution in [-0.4, -0.2) is 12.6 Å². The van der Waals surface area contributed by atoms with Crippen LogP contribution in [-0.2, 0) is 9.53 Å². The maximum absolute atomic E-state index is 13.4. The van der Waals surface area contributed by atoms with Gasteiger partial charge in [-0.25, -0.2) is 4.79 Å². The molecule has 17 heavy (non-hydrogen) atoms. The van der Waals surface area contributed by atoms with Crippen molar-refractivity contribution < 1.29 is 13.9 Å². The number of halogens is 1. The van der Waals surface area contributed by atoms with Gasteiger partial charge in [-0.15, -0.1) is 0 Å². The second-order valence-corrected chi connectivity index (χ2v) is 3.46. The Labute approximate surface area is 100 Å². The van der Waals surface area contributed by atoms with Crippen LogP contribution < -0.4 is 0 Å². The second kappa shape index (κ2) is 6.63. The summed E-state index contributed by atoms with van der Waals surface area (Å²) in [5.74, 6) is -1.76. The minimum absolute atomic E-state index is 0.169. The lowest BCUT2D eigenvalue weighted by Crippen LogP contribution is -2.05. The van der Waals surface area contributed by atoms with Crippen molar-refractivity contribution in [2.24, 2.45) is 0 Å². The Bertz CT molecular complexity index is 433. The Kier molecular flexibility index (Phi) is 5.14. The fraction of sp³-hybridized carbons (Fsp3) is 0.214. The number of carbonyl (C=O) groups excluding carboxylic acids is 1. The van der Waals surface area contributed by atoms with Crippen molar-refractivity contribution in [2.45, 2.75) is 13.8 Å². The number of ether oxygens (including phenoxy) is 1. The monoisotopic (exact) mass is 234 g/mol. The van der Waals surface area contributed by atoms with Crippen LogP contribution in [0.2, 0.25) is 0 Å². The molecule has 0 fully saturated rings. The fourth-order valence-corrected chi connectivity index (χ4v) is 1.21. The molecule has 0 saturated heterocycles. The van der Waals surface area contributed by atoms with E-state index in [0.717, 1.165) is 5.56 Å². The summed E-state index contributed by atoms with van der Waals surface area (Å²) in [4.78, 5) is 11.1. The van der Waals surface area contributed by atoms with Crippen LogP contribution in [0.15, 0.2) is 47.8 Å². The summed E-state index contributed by atoms with van der Waals surface area (Å²) in [5, 5.41) is 0. The normalized spacial score (nSPS) is 12.4. The molecule has 0 saturated carbocycles. The summed E-state index contributed by atoms with van der Waals surface area (Å²) in [5.41, 5.74) is 1.20. The highest BCUT2D eigenvalue weighted by molar-refractivity contribution is 5.87. The molecule has 0 spiro atoms. The Morgan fingerprint density at radius 1 is 1.35 bits per heavy atom. The number of benzene rings is 1. The summed E-state index contributed by atoms with van der Waals surface area (Å²) in [6, 6.07) is 9.47. The van der Waals surface area contributed by atoms with E-state index in [1.54, 1.807) is 19.1 Å². The molecule has 0 radical (unpaired) electrons. The number of carbonyl (C=O) groups is 1. The molecule has 0 unspecified atom stereocenters. The van der Waals surface area contributed by atoms with Crippen molar-refractivity contribution in [2.75, 3.05) is 6.61 Å². The van der Waals surface area contributed by atoms with Gasteiger partial charge in [0.25, 0.3) is 0 Å². The highest BCUT2D eigenvalue weighted by atomic mass is 19.1. The Morgan fingerprint density at radius 2 is 2.00 bits per heavy atom. The quantitative estimate of drug-likeness (QED) is 0.452. The third-order valence-corrected chi connectivity index (χ3v) is 2.13. The van der Waals surface area contributed by atoms with Gasteiger partial charge >= 0.3 is 5.97 Å². The first kappa shape index (κ1) is 13.2. The smallest absolute Gasteiger partial charge is 0.367 e. The Morgan fingerprint density at radius 3 is 2.59 bits per heavy atom. The van der Waals surface area contributed by atoms with Crippen LogP contribution >= 0.6 is 0 Å². The molecule has 0 N–H and O–H groups in total. The average Bonchev–Trinajstić information content (AvgIpc) is 2.36. The van der Waals surface area contributed by atoms with E-state index in [2.05, 4.69) is 4.74 Å². The first-order chi connectivity index (χ1) is 8.15. The van der Waals surface area contributed by atoms with Crippen LogP contribution in [0.3, 0.4) is 0 Å². The van der Waals surface area contributed by atoms with Crippen LogP contribution in [0.4, 0.5) is 4.39 Å². The predicted molar refractivity (Wildman–Crippen MR) is 65.9 cm³/mol. The lowest BCUT2D eigenvalue weighted by Gasteiger charge is -2.00. The first-order valence-electron chi connectivity index (χ1n) is 5.41. The van der Waals surface area contributed by atoms with E-state index in [1.807, 2.05) is 30.3 Å². The molecular weight excluding hydrogens is 219 g/mol. The lowest BCUT2D eigenvalue weighted by molar-refractivity contribution is -0.140. The summed E-state index contributed by atoms with van der Waals surface area (Å²) in [7, 11) is 0. The molecule has 1 aromatic carbocycles. The molecule has 90 valence electrons. The number of hydrogen-bond donors (Lipinski definition) is 0. The average molecular weight is 234 g/mol. The van der Waals surface area contributed by atoms with Crippen molar-refractivity contribution in [3.05, 3.63) is 53.4 Å². The van der Waals surface area contributed by atoms with Gasteiger partial charge in [-0.2, -0.15) is 4.39 Å². The van der Waals surface area contributed by atoms with Gasteiger partial charge in [-0.1, -0.05) is 42.5 Å². The van der Waals surface area contributed by atoms with Crippen LogP contribution in [0.1, 0.15) is 19.4 Å². The SMILES string of the molecule is CCOC(=O)/C(F)=C(C)/C=C/c1ccccc1. The Balaban J connectivity index is 2.77. The van der Waals surface area contributed by atoms with Gasteiger partial charge in [-0.3, -0.25) is 0 Å². The van der Waals surface area contributed by atoms with Gasteiger partial charge in [0, 0.05) is 0 Å². The zero-order valence-electron chi connectivity index (χ0n) is 9.94. The van der Waals surface area contributed by atoms with Crippen molar-refractivity contribution >= 4 is 12.0 Å². The van der Waals surface area contributed by atoms with Crippen molar-refractivity contribution in [3.8, 4) is 0 Å². The van der Waals surface area contributed by atoms with E-state index in [-0.39, 0.29) is 12.2 Å². The van der Waals surface area contributed by atoms with Crippen LogP contribution in [0.5, 0.6) is 0 Å². The molecular formula is C14H15FO2. The lowest BCUT2D eigenvalue weighted by atomic mass is 10.1. The molecule has 1 aromatic rings. The van der Waals surface area contributed by atoms with Gasteiger partial charge in [0.05, 0.1) is 6.61 Å². The number of allylic oxidation sites excluding steroid dienone is 2. The molecule has 0 atom stereocenters. The summed E-state index contributed by atoms with van der Waals surface area (Å²) in [6.07, 6.45) is 3.30. The second-order valence-electron chi connectivity index (χ2n) is 3.46. The topological polar surface area (TPSA) is 26.3 Å². The number of hydrogen-bond acceptors (Lipinski definition) is 2. The van der Waals surface area contributed by atoms with Crippen LogP contribution in [0.25, 0.3) is 6.08 Å². The summed E-state index contributed by atoms with van der Waals surface area (Å²) >= 11 is 0. The van der Waals surface area contributed by atoms with Crippen LogP contribution in [0, 0.1) is 0 Å². The molecule has 0 bridgehead atoms. The van der Waals surface area contributed by atoms with Gasteiger partial charge in [-0.05, 0) is 25.0 Å². The summed E-state index contributed by atoms with van der Waals surface area (Å²) < 4.78 is 18.0. The summed E-state index contributed by atoms with van der Waals surface area (Å²) in [6.45, 7) is 3.34. The van der Waals surface area contributed by atoms with E-state index >= 15 is 0 Å². The molecule has 0 amide bonds. The minimum Gasteiger partial charge on any atom is -0.461 e.